The molecule has 1 N–H and O–H groups in total. The molecule has 3 rings (SSSR count). The molecule has 1 fully saturated rings. The standard InChI is InChI=1S/C24H30N2O3/c27-23(25-15-9-17-26-16-8-2-5-14-24(26)28)19-29-22-13-7-6-12-21(22)18-20-10-3-1-4-11-20/h1,3-4,6-7,10-13H,2,5,8-9,14-19H2,(H,25,27). The van der Waals surface area contributed by atoms with E-state index in [1.165, 1.54) is 5.56 Å². The second-order valence-corrected chi connectivity index (χ2v) is 7.45. The van der Waals surface area contributed by atoms with Crippen LogP contribution >= 0.6 is 0 Å². The van der Waals surface area contributed by atoms with Gasteiger partial charge in [0.25, 0.3) is 5.91 Å². The van der Waals surface area contributed by atoms with E-state index in [0.717, 1.165) is 50.0 Å². The summed E-state index contributed by atoms with van der Waals surface area (Å²) in [4.78, 5) is 26.0. The van der Waals surface area contributed by atoms with Gasteiger partial charge in [-0.05, 0) is 36.5 Å². The summed E-state index contributed by atoms with van der Waals surface area (Å²) in [7, 11) is 0. The quantitative estimate of drug-likeness (QED) is 0.662. The number of hydrogen-bond acceptors (Lipinski definition) is 3. The molecule has 1 saturated heterocycles. The van der Waals surface area contributed by atoms with Gasteiger partial charge in [-0.15, -0.1) is 0 Å². The minimum atomic E-state index is -0.137. The maximum Gasteiger partial charge on any atom is 0.257 e. The molecular weight excluding hydrogens is 364 g/mol. The van der Waals surface area contributed by atoms with Gasteiger partial charge in [-0.25, -0.2) is 0 Å². The molecule has 0 spiro atoms. The summed E-state index contributed by atoms with van der Waals surface area (Å²) in [5, 5.41) is 2.89. The number of nitrogens with zero attached hydrogens (tertiary/aromatic N) is 1. The van der Waals surface area contributed by atoms with Crippen LogP contribution in [0.25, 0.3) is 0 Å². The van der Waals surface area contributed by atoms with Crippen molar-refractivity contribution < 1.29 is 14.3 Å². The van der Waals surface area contributed by atoms with Crippen molar-refractivity contribution in [3.63, 3.8) is 0 Å². The van der Waals surface area contributed by atoms with E-state index in [4.69, 9.17) is 4.74 Å². The van der Waals surface area contributed by atoms with E-state index in [9.17, 15) is 9.59 Å². The SMILES string of the molecule is O=C(COc1ccccc1Cc1ccccc1)NCCCN1CCCCCC1=O. The number of benzene rings is 2. The minimum Gasteiger partial charge on any atom is -0.483 e. The van der Waals surface area contributed by atoms with Gasteiger partial charge < -0.3 is 15.0 Å². The highest BCUT2D eigenvalue weighted by molar-refractivity contribution is 5.77. The van der Waals surface area contributed by atoms with E-state index in [2.05, 4.69) is 17.4 Å². The third kappa shape index (κ3) is 6.93. The van der Waals surface area contributed by atoms with Crippen molar-refractivity contribution in [1.82, 2.24) is 10.2 Å². The summed E-state index contributed by atoms with van der Waals surface area (Å²) in [6.45, 7) is 2.10. The van der Waals surface area contributed by atoms with Crippen molar-refractivity contribution in [1.29, 1.82) is 0 Å². The van der Waals surface area contributed by atoms with Crippen LogP contribution in [0.5, 0.6) is 5.75 Å². The van der Waals surface area contributed by atoms with Gasteiger partial charge in [-0.3, -0.25) is 9.59 Å². The fourth-order valence-electron chi connectivity index (χ4n) is 3.57. The number of hydrogen-bond donors (Lipinski definition) is 1. The number of para-hydroxylation sites is 1. The molecule has 1 aliphatic rings. The zero-order valence-corrected chi connectivity index (χ0v) is 16.9. The van der Waals surface area contributed by atoms with Crippen LogP contribution in [0.4, 0.5) is 0 Å². The lowest BCUT2D eigenvalue weighted by molar-refractivity contribution is -0.130. The Kier molecular flexibility index (Phi) is 8.11. The normalized spacial score (nSPS) is 14.3. The van der Waals surface area contributed by atoms with Crippen LogP contribution in [0.15, 0.2) is 54.6 Å². The van der Waals surface area contributed by atoms with Gasteiger partial charge in [-0.1, -0.05) is 55.0 Å². The zero-order valence-electron chi connectivity index (χ0n) is 16.9. The first-order chi connectivity index (χ1) is 14.2. The second kappa shape index (κ2) is 11.2. The van der Waals surface area contributed by atoms with E-state index in [1.54, 1.807) is 0 Å². The molecule has 0 aromatic heterocycles. The van der Waals surface area contributed by atoms with Crippen LogP contribution in [0.2, 0.25) is 0 Å². The lowest BCUT2D eigenvalue weighted by Gasteiger charge is -2.20. The molecule has 0 atom stereocenters. The summed E-state index contributed by atoms with van der Waals surface area (Å²) >= 11 is 0. The Labute approximate surface area is 173 Å². The number of carbonyl (C=O) groups excluding carboxylic acids is 2. The van der Waals surface area contributed by atoms with Gasteiger partial charge in [0.15, 0.2) is 6.61 Å². The summed E-state index contributed by atoms with van der Waals surface area (Å²) in [6, 6.07) is 18.0. The van der Waals surface area contributed by atoms with Crippen molar-refractivity contribution in [3.8, 4) is 5.75 Å². The molecule has 2 aromatic carbocycles. The summed E-state index contributed by atoms with van der Waals surface area (Å²) in [5.41, 5.74) is 2.27. The number of likely N-dealkylation sites (tertiary alicyclic amines) is 1. The lowest BCUT2D eigenvalue weighted by Crippen LogP contribution is -2.35. The Morgan fingerprint density at radius 1 is 1.00 bits per heavy atom. The highest BCUT2D eigenvalue weighted by atomic mass is 16.5. The molecule has 5 nitrogen and oxygen atoms in total. The van der Waals surface area contributed by atoms with Gasteiger partial charge in [-0.2, -0.15) is 0 Å². The average molecular weight is 395 g/mol. The second-order valence-electron chi connectivity index (χ2n) is 7.45. The van der Waals surface area contributed by atoms with E-state index in [1.807, 2.05) is 47.4 Å². The fraction of sp³-hybridized carbons (Fsp3) is 0.417. The number of carbonyl (C=O) groups is 2. The molecule has 1 heterocycles. The molecule has 1 aliphatic heterocycles. The Hall–Kier alpha value is -2.82. The van der Waals surface area contributed by atoms with Crippen LogP contribution in [0, 0.1) is 0 Å². The maximum absolute atomic E-state index is 12.1. The van der Waals surface area contributed by atoms with Gasteiger partial charge in [0.2, 0.25) is 5.91 Å². The van der Waals surface area contributed by atoms with Crippen LogP contribution in [-0.2, 0) is 16.0 Å². The first kappa shape index (κ1) is 20.9. The van der Waals surface area contributed by atoms with Gasteiger partial charge in [0, 0.05) is 32.5 Å². The molecular formula is C24H30N2O3. The van der Waals surface area contributed by atoms with Gasteiger partial charge >= 0.3 is 0 Å². The fourth-order valence-corrected chi connectivity index (χ4v) is 3.57. The van der Waals surface area contributed by atoms with Gasteiger partial charge in [0.1, 0.15) is 5.75 Å². The number of nitrogens with one attached hydrogen (secondary N) is 1. The van der Waals surface area contributed by atoms with Crippen LogP contribution < -0.4 is 10.1 Å². The Morgan fingerprint density at radius 2 is 1.79 bits per heavy atom. The highest BCUT2D eigenvalue weighted by Crippen LogP contribution is 2.21. The summed E-state index contributed by atoms with van der Waals surface area (Å²) in [6.07, 6.45) is 5.39. The summed E-state index contributed by atoms with van der Waals surface area (Å²) < 4.78 is 5.78. The molecule has 0 aliphatic carbocycles. The van der Waals surface area contributed by atoms with Crippen molar-refractivity contribution >= 4 is 11.8 Å². The molecule has 0 unspecified atom stereocenters. The van der Waals surface area contributed by atoms with Crippen molar-refractivity contribution in [2.75, 3.05) is 26.2 Å². The molecule has 0 bridgehead atoms. The zero-order chi connectivity index (χ0) is 20.3. The topological polar surface area (TPSA) is 58.6 Å². The van der Waals surface area contributed by atoms with Crippen LogP contribution in [0.1, 0.15) is 43.2 Å². The predicted molar refractivity (Wildman–Crippen MR) is 114 cm³/mol. The van der Waals surface area contributed by atoms with Crippen LogP contribution in [0.3, 0.4) is 0 Å². The molecule has 5 heteroatoms. The number of amides is 2. The predicted octanol–water partition coefficient (Wildman–Crippen LogP) is 3.57. The van der Waals surface area contributed by atoms with Crippen molar-refractivity contribution in [2.45, 2.75) is 38.5 Å². The monoisotopic (exact) mass is 394 g/mol. The molecule has 154 valence electrons. The van der Waals surface area contributed by atoms with E-state index >= 15 is 0 Å². The lowest BCUT2D eigenvalue weighted by atomic mass is 10.0. The third-order valence-corrected chi connectivity index (χ3v) is 5.17. The maximum atomic E-state index is 12.1. The van der Waals surface area contributed by atoms with E-state index in [0.29, 0.717) is 19.5 Å². The molecule has 0 saturated carbocycles. The first-order valence-electron chi connectivity index (χ1n) is 10.5. The Morgan fingerprint density at radius 3 is 2.66 bits per heavy atom. The minimum absolute atomic E-state index is 0.00551. The third-order valence-electron chi connectivity index (χ3n) is 5.17. The van der Waals surface area contributed by atoms with E-state index in [-0.39, 0.29) is 18.4 Å². The largest absolute Gasteiger partial charge is 0.483 e. The molecule has 2 aromatic rings. The van der Waals surface area contributed by atoms with E-state index < -0.39 is 0 Å². The molecule has 29 heavy (non-hydrogen) atoms. The van der Waals surface area contributed by atoms with Crippen molar-refractivity contribution in [2.24, 2.45) is 0 Å². The smallest absolute Gasteiger partial charge is 0.257 e. The van der Waals surface area contributed by atoms with Gasteiger partial charge in [0.05, 0.1) is 0 Å². The summed E-state index contributed by atoms with van der Waals surface area (Å²) in [5.74, 6) is 0.843. The highest BCUT2D eigenvalue weighted by Gasteiger charge is 2.15. The molecule has 0 radical (unpaired) electrons. The molecule has 2 amide bonds. The first-order valence-corrected chi connectivity index (χ1v) is 10.5. The van der Waals surface area contributed by atoms with Crippen LogP contribution in [-0.4, -0.2) is 43.0 Å². The average Bonchev–Trinajstić information content (AvgIpc) is 2.95. The number of rotatable bonds is 9. The Balaban J connectivity index is 1.40. The van der Waals surface area contributed by atoms with Crippen molar-refractivity contribution in [3.05, 3.63) is 65.7 Å². The Bertz CT molecular complexity index is 792. The number of ether oxygens (including phenoxy) is 1.